The van der Waals surface area contributed by atoms with Gasteiger partial charge in [-0.2, -0.15) is 0 Å². The van der Waals surface area contributed by atoms with Crippen molar-refractivity contribution < 1.29 is 14.6 Å². The van der Waals surface area contributed by atoms with Crippen LogP contribution in [0.1, 0.15) is 12.5 Å². The third-order valence-electron chi connectivity index (χ3n) is 2.22. The summed E-state index contributed by atoms with van der Waals surface area (Å²) in [6, 6.07) is 4.65. The summed E-state index contributed by atoms with van der Waals surface area (Å²) in [6.07, 6.45) is 0. The first-order chi connectivity index (χ1) is 7.54. The van der Waals surface area contributed by atoms with E-state index >= 15 is 0 Å². The van der Waals surface area contributed by atoms with E-state index in [1.807, 2.05) is 6.07 Å². The molecular weight excluding hydrogens is 230 g/mol. The van der Waals surface area contributed by atoms with Crippen molar-refractivity contribution in [2.24, 2.45) is 0 Å². The Kier molecular flexibility index (Phi) is 4.58. The van der Waals surface area contributed by atoms with Crippen molar-refractivity contribution in [1.82, 2.24) is 5.32 Å². The molecule has 0 fully saturated rings. The van der Waals surface area contributed by atoms with Crippen molar-refractivity contribution in [3.8, 4) is 5.75 Å². The fourth-order valence-electron chi connectivity index (χ4n) is 1.21. The third kappa shape index (κ3) is 3.40. The summed E-state index contributed by atoms with van der Waals surface area (Å²) in [5.74, 6) is -0.231. The van der Waals surface area contributed by atoms with Crippen LogP contribution in [0.25, 0.3) is 0 Å². The number of hydrogen-bond donors (Lipinski definition) is 2. The number of nitrogens with one attached hydrogen (secondary N) is 1. The predicted octanol–water partition coefficient (Wildman–Crippen LogP) is 1.91. The van der Waals surface area contributed by atoms with Crippen LogP contribution in [0, 0.1) is 0 Å². The van der Waals surface area contributed by atoms with Gasteiger partial charge in [-0.15, -0.1) is 0 Å². The zero-order chi connectivity index (χ0) is 12.1. The number of hydrogen-bond acceptors (Lipinski definition) is 3. The maximum atomic E-state index is 10.6. The van der Waals surface area contributed by atoms with Crippen molar-refractivity contribution >= 4 is 17.6 Å². The fourth-order valence-corrected chi connectivity index (χ4v) is 1.38. The van der Waals surface area contributed by atoms with Crippen LogP contribution in [0.3, 0.4) is 0 Å². The van der Waals surface area contributed by atoms with Crippen molar-refractivity contribution in [3.63, 3.8) is 0 Å². The van der Waals surface area contributed by atoms with Crippen molar-refractivity contribution in [2.45, 2.75) is 19.5 Å². The second kappa shape index (κ2) is 5.72. The van der Waals surface area contributed by atoms with Gasteiger partial charge in [0.05, 0.1) is 7.11 Å². The van der Waals surface area contributed by atoms with E-state index in [1.54, 1.807) is 26.2 Å². The number of carboxylic acid groups (broad SMARTS) is 1. The molecule has 0 saturated carbocycles. The molecule has 0 aliphatic rings. The first kappa shape index (κ1) is 12.8. The Balaban J connectivity index is 2.70. The van der Waals surface area contributed by atoms with Gasteiger partial charge in [-0.3, -0.25) is 4.79 Å². The summed E-state index contributed by atoms with van der Waals surface area (Å²) in [7, 11) is 1.55. The highest BCUT2D eigenvalue weighted by atomic mass is 35.5. The van der Waals surface area contributed by atoms with Crippen LogP contribution in [-0.4, -0.2) is 24.2 Å². The van der Waals surface area contributed by atoms with Crippen molar-refractivity contribution in [1.29, 1.82) is 0 Å². The third-order valence-corrected chi connectivity index (χ3v) is 2.45. The van der Waals surface area contributed by atoms with Crippen LogP contribution >= 0.6 is 11.6 Å². The molecule has 0 bridgehead atoms. The number of carboxylic acids is 1. The summed E-state index contributed by atoms with van der Waals surface area (Å²) >= 11 is 5.81. The molecule has 1 aromatic carbocycles. The highest BCUT2D eigenvalue weighted by Gasteiger charge is 2.11. The Bertz CT molecular complexity index is 381. The molecule has 0 saturated heterocycles. The summed E-state index contributed by atoms with van der Waals surface area (Å²) in [5, 5.41) is 12.2. The Labute approximate surface area is 99.2 Å². The van der Waals surface area contributed by atoms with E-state index in [9.17, 15) is 4.79 Å². The summed E-state index contributed by atoms with van der Waals surface area (Å²) < 4.78 is 5.15. The fraction of sp³-hybridized carbons (Fsp3) is 0.364. The highest BCUT2D eigenvalue weighted by molar-refractivity contribution is 6.30. The smallest absolute Gasteiger partial charge is 0.320 e. The Morgan fingerprint density at radius 3 is 2.88 bits per heavy atom. The van der Waals surface area contributed by atoms with Crippen LogP contribution in [0.5, 0.6) is 5.75 Å². The van der Waals surface area contributed by atoms with Gasteiger partial charge in [-0.1, -0.05) is 17.7 Å². The molecule has 0 aliphatic carbocycles. The number of rotatable bonds is 5. The van der Waals surface area contributed by atoms with Gasteiger partial charge >= 0.3 is 5.97 Å². The predicted molar refractivity (Wildman–Crippen MR) is 61.9 cm³/mol. The number of carbonyl (C=O) groups is 1. The lowest BCUT2D eigenvalue weighted by Crippen LogP contribution is -2.33. The van der Waals surface area contributed by atoms with E-state index in [1.165, 1.54) is 0 Å². The first-order valence-electron chi connectivity index (χ1n) is 4.83. The highest BCUT2D eigenvalue weighted by Crippen LogP contribution is 2.22. The van der Waals surface area contributed by atoms with E-state index in [0.29, 0.717) is 17.3 Å². The van der Waals surface area contributed by atoms with Crippen molar-refractivity contribution in [2.75, 3.05) is 7.11 Å². The number of benzene rings is 1. The Morgan fingerprint density at radius 2 is 2.31 bits per heavy atom. The minimum absolute atomic E-state index is 0.424. The molecule has 1 atom stereocenters. The van der Waals surface area contributed by atoms with Gasteiger partial charge in [-0.25, -0.2) is 0 Å². The van der Waals surface area contributed by atoms with Crippen LogP contribution in [0.15, 0.2) is 18.2 Å². The lowest BCUT2D eigenvalue weighted by atomic mass is 10.2. The maximum Gasteiger partial charge on any atom is 0.320 e. The van der Waals surface area contributed by atoms with E-state index in [-0.39, 0.29) is 0 Å². The minimum Gasteiger partial charge on any atom is -0.496 e. The van der Waals surface area contributed by atoms with E-state index < -0.39 is 12.0 Å². The molecule has 88 valence electrons. The molecule has 0 spiro atoms. The zero-order valence-electron chi connectivity index (χ0n) is 9.16. The molecule has 1 aromatic rings. The maximum absolute atomic E-state index is 10.6. The first-order valence-corrected chi connectivity index (χ1v) is 5.21. The van der Waals surface area contributed by atoms with Gasteiger partial charge in [0.15, 0.2) is 0 Å². The second-order valence-corrected chi connectivity index (χ2v) is 3.83. The molecule has 2 N–H and O–H groups in total. The Hall–Kier alpha value is -1.26. The molecule has 0 radical (unpaired) electrons. The average molecular weight is 244 g/mol. The van der Waals surface area contributed by atoms with E-state index in [2.05, 4.69) is 5.32 Å². The largest absolute Gasteiger partial charge is 0.496 e. The van der Waals surface area contributed by atoms with Crippen molar-refractivity contribution in [3.05, 3.63) is 28.8 Å². The molecule has 0 aromatic heterocycles. The molecule has 16 heavy (non-hydrogen) atoms. The van der Waals surface area contributed by atoms with Gasteiger partial charge in [0.1, 0.15) is 11.8 Å². The molecule has 0 amide bonds. The summed E-state index contributed by atoms with van der Waals surface area (Å²) in [4.78, 5) is 10.6. The number of aliphatic carboxylic acids is 1. The van der Waals surface area contributed by atoms with E-state index in [0.717, 1.165) is 5.56 Å². The molecule has 0 unspecified atom stereocenters. The molecule has 0 heterocycles. The monoisotopic (exact) mass is 243 g/mol. The van der Waals surface area contributed by atoms with Gasteiger partial charge in [0.25, 0.3) is 0 Å². The van der Waals surface area contributed by atoms with Crippen LogP contribution in [0.2, 0.25) is 5.02 Å². The van der Waals surface area contributed by atoms with Gasteiger partial charge < -0.3 is 15.2 Å². The molecule has 4 nitrogen and oxygen atoms in total. The topological polar surface area (TPSA) is 58.6 Å². The van der Waals surface area contributed by atoms with Gasteiger partial charge in [0.2, 0.25) is 0 Å². The lowest BCUT2D eigenvalue weighted by Gasteiger charge is -2.12. The average Bonchev–Trinajstić information content (AvgIpc) is 2.26. The molecular formula is C11H14ClNO3. The standard InChI is InChI=1S/C11H14ClNO3/c1-7(11(14)15)13-6-8-3-4-9(12)5-10(8)16-2/h3-5,7,13H,6H2,1-2H3,(H,14,15)/t7-/m1/s1. The summed E-state index contributed by atoms with van der Waals surface area (Å²) in [6.45, 7) is 2.01. The number of halogens is 1. The van der Waals surface area contributed by atoms with Crippen LogP contribution < -0.4 is 10.1 Å². The molecule has 0 aliphatic heterocycles. The van der Waals surface area contributed by atoms with Crippen LogP contribution in [-0.2, 0) is 11.3 Å². The van der Waals surface area contributed by atoms with Gasteiger partial charge in [0, 0.05) is 17.1 Å². The number of methoxy groups -OCH3 is 1. The second-order valence-electron chi connectivity index (χ2n) is 3.40. The quantitative estimate of drug-likeness (QED) is 0.830. The zero-order valence-corrected chi connectivity index (χ0v) is 9.91. The molecule has 5 heteroatoms. The molecule has 1 rings (SSSR count). The summed E-state index contributed by atoms with van der Waals surface area (Å²) in [5.41, 5.74) is 0.875. The number of ether oxygens (including phenoxy) is 1. The normalized spacial score (nSPS) is 12.2. The SMILES string of the molecule is COc1cc(Cl)ccc1CN[C@H](C)C(=O)O. The van der Waals surface area contributed by atoms with E-state index in [4.69, 9.17) is 21.4 Å². The Morgan fingerprint density at radius 1 is 1.62 bits per heavy atom. The minimum atomic E-state index is -0.882. The van der Waals surface area contributed by atoms with Crippen LogP contribution in [0.4, 0.5) is 0 Å². The van der Waals surface area contributed by atoms with Gasteiger partial charge in [-0.05, 0) is 19.1 Å². The lowest BCUT2D eigenvalue weighted by molar-refractivity contribution is -0.139.